The first-order valence-corrected chi connectivity index (χ1v) is 13.0. The number of fused-ring (bicyclic) bond motifs is 2. The SMILES string of the molecule is CC1CCCC(=O)C1.O=C1CC2CCC(C1)C2.O=C1CCCCC1.O=C1CCCCC1. The second-order valence-electron chi connectivity index (χ2n) is 10.4. The summed E-state index contributed by atoms with van der Waals surface area (Å²) >= 11 is 0. The van der Waals surface area contributed by atoms with Crippen molar-refractivity contribution in [3.8, 4) is 0 Å². The Balaban J connectivity index is 0.000000148. The van der Waals surface area contributed by atoms with Crippen LogP contribution in [-0.2, 0) is 19.2 Å². The maximum atomic E-state index is 10.9. The van der Waals surface area contributed by atoms with Crippen molar-refractivity contribution in [3.63, 3.8) is 0 Å². The van der Waals surface area contributed by atoms with Gasteiger partial charge in [0.05, 0.1) is 0 Å². The van der Waals surface area contributed by atoms with Gasteiger partial charge in [-0.15, -0.1) is 0 Å². The van der Waals surface area contributed by atoms with Crippen LogP contribution < -0.4 is 0 Å². The van der Waals surface area contributed by atoms with E-state index in [1.54, 1.807) is 0 Å². The first-order valence-electron chi connectivity index (χ1n) is 13.0. The molecule has 0 spiro atoms. The van der Waals surface area contributed by atoms with Crippen molar-refractivity contribution in [2.75, 3.05) is 0 Å². The van der Waals surface area contributed by atoms with E-state index in [-0.39, 0.29) is 0 Å². The molecule has 5 aliphatic carbocycles. The summed E-state index contributed by atoms with van der Waals surface area (Å²) in [6.07, 6.45) is 20.3. The third kappa shape index (κ3) is 11.8. The molecule has 0 aromatic heterocycles. The molecule has 3 atom stereocenters. The van der Waals surface area contributed by atoms with E-state index in [9.17, 15) is 19.2 Å². The number of carbonyl (C=O) groups excluding carboxylic acids is 4. The fraction of sp³-hybridized carbons (Fsp3) is 0.852. The number of hydrogen-bond acceptors (Lipinski definition) is 4. The van der Waals surface area contributed by atoms with Gasteiger partial charge in [0.2, 0.25) is 0 Å². The van der Waals surface area contributed by atoms with Gasteiger partial charge in [-0.1, -0.05) is 19.8 Å². The van der Waals surface area contributed by atoms with E-state index < -0.39 is 0 Å². The summed E-state index contributed by atoms with van der Waals surface area (Å²) in [5.74, 6) is 4.15. The lowest BCUT2D eigenvalue weighted by Gasteiger charge is -2.15. The van der Waals surface area contributed by atoms with Crippen LogP contribution in [0.1, 0.15) is 129 Å². The third-order valence-corrected chi connectivity index (χ3v) is 7.23. The summed E-state index contributed by atoms with van der Waals surface area (Å²) < 4.78 is 0. The van der Waals surface area contributed by atoms with Crippen LogP contribution in [0.4, 0.5) is 0 Å². The average molecular weight is 433 g/mol. The molecule has 0 aromatic carbocycles. The van der Waals surface area contributed by atoms with Gasteiger partial charge in [-0.2, -0.15) is 0 Å². The van der Waals surface area contributed by atoms with E-state index in [0.29, 0.717) is 29.1 Å². The van der Waals surface area contributed by atoms with E-state index in [2.05, 4.69) is 6.92 Å². The van der Waals surface area contributed by atoms with E-state index in [4.69, 9.17) is 0 Å². The number of Topliss-reactive ketones (excluding diaryl/α,β-unsaturated/α-hetero) is 4. The minimum atomic E-state index is 0.462. The Kier molecular flexibility index (Phi) is 12.3. The average Bonchev–Trinajstić information content (AvgIpc) is 3.09. The summed E-state index contributed by atoms with van der Waals surface area (Å²) in [5, 5.41) is 0. The topological polar surface area (TPSA) is 68.3 Å². The molecule has 5 rings (SSSR count). The highest BCUT2D eigenvalue weighted by Gasteiger charge is 2.32. The summed E-state index contributed by atoms with van der Waals surface area (Å²) in [6.45, 7) is 2.15. The van der Waals surface area contributed by atoms with Gasteiger partial charge in [-0.3, -0.25) is 19.2 Å². The standard InChI is InChI=1S/C8H12O.C7H12O.2C6H10O/c9-8-4-6-1-2-7(3-6)5-8;1-6-3-2-4-7(8)5-6;2*7-6-4-2-1-3-5-6/h6-7H,1-5H2;6H,2-5H2,1H3;2*1-5H2. The summed E-state index contributed by atoms with van der Waals surface area (Å²) in [4.78, 5) is 42.5. The van der Waals surface area contributed by atoms with E-state index in [1.165, 1.54) is 38.5 Å². The molecule has 4 heteroatoms. The molecule has 0 N–H and O–H groups in total. The molecule has 0 saturated heterocycles. The predicted octanol–water partition coefficient (Wildman–Crippen LogP) is 6.57. The molecule has 2 bridgehead atoms. The molecule has 5 aliphatic rings. The lowest BCUT2D eigenvalue weighted by molar-refractivity contribution is -0.122. The Hall–Kier alpha value is -1.32. The maximum absolute atomic E-state index is 10.9. The Morgan fingerprint density at radius 2 is 0.935 bits per heavy atom. The van der Waals surface area contributed by atoms with E-state index in [0.717, 1.165) is 95.3 Å². The van der Waals surface area contributed by atoms with Crippen LogP contribution in [0.5, 0.6) is 0 Å². The molecule has 0 amide bonds. The quantitative estimate of drug-likeness (QED) is 0.434. The van der Waals surface area contributed by atoms with Gasteiger partial charge in [-0.25, -0.2) is 0 Å². The first kappa shape index (κ1) is 25.9. The fourth-order valence-electron chi connectivity index (χ4n) is 5.41. The number of carbonyl (C=O) groups is 4. The smallest absolute Gasteiger partial charge is 0.133 e. The Labute approximate surface area is 189 Å². The van der Waals surface area contributed by atoms with Crippen molar-refractivity contribution in [2.24, 2.45) is 17.8 Å². The van der Waals surface area contributed by atoms with Crippen LogP contribution in [0.2, 0.25) is 0 Å². The van der Waals surface area contributed by atoms with Crippen molar-refractivity contribution in [2.45, 2.75) is 129 Å². The zero-order chi connectivity index (χ0) is 22.5. The van der Waals surface area contributed by atoms with Gasteiger partial charge < -0.3 is 0 Å². The predicted molar refractivity (Wildman–Crippen MR) is 124 cm³/mol. The van der Waals surface area contributed by atoms with Gasteiger partial charge in [0.15, 0.2) is 0 Å². The normalized spacial score (nSPS) is 30.2. The highest BCUT2D eigenvalue weighted by Crippen LogP contribution is 2.40. The zero-order valence-electron chi connectivity index (χ0n) is 19.8. The molecule has 3 unspecified atom stereocenters. The molecule has 0 heterocycles. The second kappa shape index (κ2) is 14.7. The Bertz CT molecular complexity index is 542. The minimum absolute atomic E-state index is 0.462. The van der Waals surface area contributed by atoms with Crippen LogP contribution in [-0.4, -0.2) is 23.1 Å². The van der Waals surface area contributed by atoms with Crippen molar-refractivity contribution < 1.29 is 19.2 Å². The number of rotatable bonds is 0. The third-order valence-electron chi connectivity index (χ3n) is 7.23. The van der Waals surface area contributed by atoms with Gasteiger partial charge in [0, 0.05) is 51.4 Å². The minimum Gasteiger partial charge on any atom is -0.300 e. The van der Waals surface area contributed by atoms with Gasteiger partial charge in [0.25, 0.3) is 0 Å². The van der Waals surface area contributed by atoms with Crippen LogP contribution in [0.25, 0.3) is 0 Å². The molecule has 0 aliphatic heterocycles. The molecule has 0 aromatic rings. The molecule has 5 saturated carbocycles. The second-order valence-corrected chi connectivity index (χ2v) is 10.4. The Morgan fingerprint density at radius 1 is 0.484 bits per heavy atom. The van der Waals surface area contributed by atoms with Crippen LogP contribution in [0, 0.1) is 17.8 Å². The first-order chi connectivity index (χ1) is 14.9. The largest absolute Gasteiger partial charge is 0.300 e. The number of hydrogen-bond donors (Lipinski definition) is 0. The Morgan fingerprint density at radius 3 is 1.26 bits per heavy atom. The lowest BCUT2D eigenvalue weighted by Crippen LogP contribution is -2.14. The maximum Gasteiger partial charge on any atom is 0.133 e. The van der Waals surface area contributed by atoms with Crippen molar-refractivity contribution >= 4 is 23.1 Å². The summed E-state index contributed by atoms with van der Waals surface area (Å²) in [5.41, 5.74) is 0. The molecule has 5 fully saturated rings. The molecular weight excluding hydrogens is 388 g/mol. The fourth-order valence-corrected chi connectivity index (χ4v) is 5.41. The van der Waals surface area contributed by atoms with E-state index in [1.807, 2.05) is 0 Å². The van der Waals surface area contributed by atoms with E-state index >= 15 is 0 Å². The lowest BCUT2D eigenvalue weighted by atomic mass is 9.88. The highest BCUT2D eigenvalue weighted by atomic mass is 16.1. The van der Waals surface area contributed by atoms with Gasteiger partial charge >= 0.3 is 0 Å². The highest BCUT2D eigenvalue weighted by molar-refractivity contribution is 5.80. The van der Waals surface area contributed by atoms with Crippen molar-refractivity contribution in [1.82, 2.24) is 0 Å². The van der Waals surface area contributed by atoms with Crippen LogP contribution in [0.15, 0.2) is 0 Å². The monoisotopic (exact) mass is 432 g/mol. The van der Waals surface area contributed by atoms with Crippen molar-refractivity contribution in [1.29, 1.82) is 0 Å². The molecule has 31 heavy (non-hydrogen) atoms. The summed E-state index contributed by atoms with van der Waals surface area (Å²) in [6, 6.07) is 0. The van der Waals surface area contributed by atoms with Crippen LogP contribution >= 0.6 is 0 Å². The summed E-state index contributed by atoms with van der Waals surface area (Å²) in [7, 11) is 0. The molecule has 4 nitrogen and oxygen atoms in total. The van der Waals surface area contributed by atoms with Gasteiger partial charge in [-0.05, 0) is 75.5 Å². The zero-order valence-corrected chi connectivity index (χ0v) is 19.8. The van der Waals surface area contributed by atoms with Crippen molar-refractivity contribution in [3.05, 3.63) is 0 Å². The van der Waals surface area contributed by atoms with Crippen LogP contribution in [0.3, 0.4) is 0 Å². The molecular formula is C27H44O4. The molecule has 176 valence electrons. The van der Waals surface area contributed by atoms with Gasteiger partial charge in [0.1, 0.15) is 23.1 Å². The number of ketones is 4. The molecule has 0 radical (unpaired) electrons.